The van der Waals surface area contributed by atoms with Crippen LogP contribution in [0.15, 0.2) is 47.4 Å². The zero-order chi connectivity index (χ0) is 24.6. The Morgan fingerprint density at radius 1 is 1.06 bits per heavy atom. The predicted molar refractivity (Wildman–Crippen MR) is 133 cm³/mol. The third-order valence-electron chi connectivity index (χ3n) is 6.54. The first kappa shape index (κ1) is 24.5. The Kier molecular flexibility index (Phi) is 6.63. The number of aliphatic hydroxyl groups is 1. The summed E-state index contributed by atoms with van der Waals surface area (Å²) < 4.78 is 46.6. The number of anilines is 3. The number of benzene rings is 2. The molecule has 1 saturated heterocycles. The number of carbonyl (C=O) groups is 1. The molecule has 1 aliphatic carbocycles. The number of sulfonamides is 1. The van der Waals surface area contributed by atoms with Gasteiger partial charge in [0.05, 0.1) is 39.0 Å². The second kappa shape index (κ2) is 9.20. The minimum atomic E-state index is -3.71. The van der Waals surface area contributed by atoms with Crippen LogP contribution in [0.2, 0.25) is 0 Å². The van der Waals surface area contributed by atoms with Crippen molar-refractivity contribution >= 4 is 42.7 Å². The molecule has 1 heterocycles. The predicted octanol–water partition coefficient (Wildman–Crippen LogP) is 3.09. The molecule has 2 aromatic rings. The van der Waals surface area contributed by atoms with Crippen LogP contribution in [-0.4, -0.2) is 55.3 Å². The second-order valence-corrected chi connectivity index (χ2v) is 13.2. The Morgan fingerprint density at radius 3 is 2.38 bits per heavy atom. The monoisotopic (exact) mass is 506 g/mol. The van der Waals surface area contributed by atoms with Crippen molar-refractivity contribution in [2.24, 2.45) is 5.41 Å². The molecular formula is C23H30N4O5S2. The molecule has 4 N–H and O–H groups in total. The normalized spacial score (nSPS) is 18.8. The first-order valence-electron chi connectivity index (χ1n) is 11.2. The highest BCUT2D eigenvalue weighted by atomic mass is 32.2. The fourth-order valence-corrected chi connectivity index (χ4v) is 5.83. The molecule has 0 aromatic heterocycles. The van der Waals surface area contributed by atoms with Gasteiger partial charge in [0.2, 0.25) is 10.0 Å². The van der Waals surface area contributed by atoms with E-state index in [1.807, 2.05) is 0 Å². The lowest BCUT2D eigenvalue weighted by molar-refractivity contribution is 0.102. The summed E-state index contributed by atoms with van der Waals surface area (Å²) in [5.41, 5.74) is 2.22. The van der Waals surface area contributed by atoms with Crippen molar-refractivity contribution in [2.45, 2.75) is 30.6 Å². The summed E-state index contributed by atoms with van der Waals surface area (Å²) >= 11 is 0. The first-order chi connectivity index (χ1) is 16.0. The minimum Gasteiger partial charge on any atom is -0.395 e. The Hall–Kier alpha value is -2.63. The molecule has 2 fully saturated rings. The van der Waals surface area contributed by atoms with Gasteiger partial charge in [0.25, 0.3) is 5.91 Å². The van der Waals surface area contributed by atoms with Crippen molar-refractivity contribution in [2.75, 3.05) is 46.6 Å². The van der Waals surface area contributed by atoms with Gasteiger partial charge in [0, 0.05) is 29.9 Å². The van der Waals surface area contributed by atoms with E-state index in [0.717, 1.165) is 25.9 Å². The number of carbonyl (C=O) groups excluding carboxylic acids is 1. The minimum absolute atomic E-state index is 0.324. The maximum atomic E-state index is 13.2. The average Bonchev–Trinajstić information content (AvgIpc) is 3.52. The van der Waals surface area contributed by atoms with E-state index in [1.54, 1.807) is 30.3 Å². The van der Waals surface area contributed by atoms with Crippen LogP contribution in [0.1, 0.15) is 36.0 Å². The lowest BCUT2D eigenvalue weighted by atomic mass is 9.93. The van der Waals surface area contributed by atoms with Gasteiger partial charge in [-0.3, -0.25) is 9.52 Å². The number of aliphatic hydroxyl groups excluding tert-OH is 1. The van der Waals surface area contributed by atoms with Crippen LogP contribution >= 0.6 is 0 Å². The zero-order valence-electron chi connectivity index (χ0n) is 19.0. The molecule has 1 spiro atoms. The van der Waals surface area contributed by atoms with Crippen LogP contribution in [0.4, 0.5) is 17.1 Å². The molecule has 0 unspecified atom stereocenters. The third-order valence-corrected chi connectivity index (χ3v) is 8.96. The van der Waals surface area contributed by atoms with Gasteiger partial charge in [-0.05, 0) is 67.5 Å². The van der Waals surface area contributed by atoms with Crippen LogP contribution in [0.25, 0.3) is 0 Å². The molecule has 1 aliphatic heterocycles. The molecule has 9 nitrogen and oxygen atoms in total. The van der Waals surface area contributed by atoms with Gasteiger partial charge in [-0.25, -0.2) is 17.4 Å². The lowest BCUT2D eigenvalue weighted by Gasteiger charge is -2.35. The smallest absolute Gasteiger partial charge is 0.257 e. The van der Waals surface area contributed by atoms with E-state index in [0.29, 0.717) is 32.9 Å². The molecule has 11 heteroatoms. The van der Waals surface area contributed by atoms with Crippen molar-refractivity contribution in [1.82, 2.24) is 0 Å². The van der Waals surface area contributed by atoms with Gasteiger partial charge in [-0.15, -0.1) is 0 Å². The fraction of sp³-hybridized carbons (Fsp3) is 0.435. The summed E-state index contributed by atoms with van der Waals surface area (Å²) in [5, 5.41) is 11.8. The molecule has 1 saturated carbocycles. The third kappa shape index (κ3) is 5.70. The summed E-state index contributed by atoms with van der Waals surface area (Å²) in [6, 6.07) is 11.2. The summed E-state index contributed by atoms with van der Waals surface area (Å²) in [6.07, 6.45) is 5.87. The van der Waals surface area contributed by atoms with Gasteiger partial charge >= 0.3 is 0 Å². The van der Waals surface area contributed by atoms with Crippen molar-refractivity contribution < 1.29 is 22.5 Å². The van der Waals surface area contributed by atoms with E-state index in [2.05, 4.69) is 14.9 Å². The first-order valence-corrected chi connectivity index (χ1v) is 14.8. The molecule has 1 amide bonds. The highest BCUT2D eigenvalue weighted by Crippen LogP contribution is 2.54. The van der Waals surface area contributed by atoms with E-state index < -0.39 is 32.1 Å². The van der Waals surface area contributed by atoms with Crippen molar-refractivity contribution in [3.63, 3.8) is 0 Å². The van der Waals surface area contributed by atoms with Crippen molar-refractivity contribution in [3.05, 3.63) is 48.0 Å². The van der Waals surface area contributed by atoms with Crippen LogP contribution < -0.4 is 14.9 Å². The second-order valence-electron chi connectivity index (χ2n) is 9.19. The molecule has 34 heavy (non-hydrogen) atoms. The Morgan fingerprint density at radius 2 is 1.76 bits per heavy atom. The van der Waals surface area contributed by atoms with Crippen LogP contribution in [0.3, 0.4) is 0 Å². The van der Waals surface area contributed by atoms with Gasteiger partial charge in [-0.1, -0.05) is 6.07 Å². The van der Waals surface area contributed by atoms with Gasteiger partial charge < -0.3 is 15.3 Å². The molecule has 2 aromatic carbocycles. The maximum absolute atomic E-state index is 13.2. The number of nitrogens with zero attached hydrogens (tertiary/aromatic N) is 1. The maximum Gasteiger partial charge on any atom is 0.257 e. The summed E-state index contributed by atoms with van der Waals surface area (Å²) in [4.78, 5) is 15.7. The van der Waals surface area contributed by atoms with Gasteiger partial charge in [0.1, 0.15) is 0 Å². The average molecular weight is 507 g/mol. The van der Waals surface area contributed by atoms with Crippen molar-refractivity contribution in [1.29, 1.82) is 4.78 Å². The molecule has 184 valence electrons. The lowest BCUT2D eigenvalue weighted by Crippen LogP contribution is -2.35. The number of nitrogens with one attached hydrogen (secondary N) is 3. The molecule has 1 atom stereocenters. The molecule has 0 bridgehead atoms. The highest BCUT2D eigenvalue weighted by molar-refractivity contribution is 7.92. The molecular weight excluding hydrogens is 476 g/mol. The Bertz CT molecular complexity index is 1290. The van der Waals surface area contributed by atoms with Crippen molar-refractivity contribution in [3.8, 4) is 0 Å². The number of hydrogen-bond donors (Lipinski definition) is 4. The molecule has 2 aliphatic rings. The van der Waals surface area contributed by atoms with E-state index in [4.69, 9.17) is 9.89 Å². The van der Waals surface area contributed by atoms with E-state index in [-0.39, 0.29) is 5.91 Å². The van der Waals surface area contributed by atoms with E-state index in [9.17, 15) is 17.4 Å². The van der Waals surface area contributed by atoms with E-state index in [1.165, 1.54) is 31.2 Å². The van der Waals surface area contributed by atoms with E-state index >= 15 is 0 Å². The van der Waals surface area contributed by atoms with Gasteiger partial charge in [-0.2, -0.15) is 0 Å². The Labute approximate surface area is 200 Å². The number of rotatable bonds is 8. The zero-order valence-corrected chi connectivity index (χ0v) is 20.7. The standard InChI is InChI=1S/C23H30N4O5S2/c1-33(24,30)19-4-2-3-17(15-19)25-22(29)20-6-5-18(26-34(31,32)14-13-28)16-21(20)27-11-9-23(7-8-23)10-12-27/h2-6,15-16,24,26,28H,7-14H2,1H3,(H,25,29)/t33-/m0/s1. The Balaban J connectivity index is 1.63. The fourth-order valence-electron chi connectivity index (χ4n) is 4.31. The number of hydrogen-bond acceptors (Lipinski definition) is 7. The summed E-state index contributed by atoms with van der Waals surface area (Å²) in [6.45, 7) is 1.07. The quantitative estimate of drug-likeness (QED) is 0.434. The molecule has 4 rings (SSSR count). The number of piperidine rings is 1. The topological polar surface area (TPSA) is 140 Å². The summed E-state index contributed by atoms with van der Waals surface area (Å²) in [7, 11) is -6.63. The van der Waals surface area contributed by atoms with Crippen LogP contribution in [-0.2, 0) is 19.8 Å². The largest absolute Gasteiger partial charge is 0.395 e. The SMILES string of the molecule is C[S@](=N)(=O)c1cccc(NC(=O)c2ccc(NS(=O)(=O)CCO)cc2N2CCC3(CC2)CC3)c1. The number of amides is 1. The molecule has 0 radical (unpaired) electrons. The van der Waals surface area contributed by atoms with Crippen LogP contribution in [0, 0.1) is 10.2 Å². The van der Waals surface area contributed by atoms with Gasteiger partial charge in [0.15, 0.2) is 0 Å². The summed E-state index contributed by atoms with van der Waals surface area (Å²) in [5.74, 6) is -0.791. The van der Waals surface area contributed by atoms with Crippen LogP contribution in [0.5, 0.6) is 0 Å². The highest BCUT2D eigenvalue weighted by Gasteiger charge is 2.44.